The molecule has 2 atom stereocenters. The van der Waals surface area contributed by atoms with Crippen LogP contribution in [-0.2, 0) is 14.3 Å². The molecule has 0 fully saturated rings. The van der Waals surface area contributed by atoms with Crippen molar-refractivity contribution < 1.29 is 14.3 Å². The number of aromatic nitrogens is 2. The second kappa shape index (κ2) is 10.4. The molecule has 0 unspecified atom stereocenters. The first-order valence-electron chi connectivity index (χ1n) is 9.02. The summed E-state index contributed by atoms with van der Waals surface area (Å²) in [6.45, 7) is 7.94. The van der Waals surface area contributed by atoms with Gasteiger partial charge in [0.25, 0.3) is 0 Å². The largest absolute Gasteiger partial charge is 0.467 e. The Hall–Kier alpha value is -2.13. The normalized spacial score (nSPS) is 12.9. The highest BCUT2D eigenvalue weighted by molar-refractivity contribution is 8.01. The molecule has 0 aliphatic rings. The van der Waals surface area contributed by atoms with Crippen LogP contribution in [0.5, 0.6) is 0 Å². The molecule has 0 saturated heterocycles. The van der Waals surface area contributed by atoms with Crippen LogP contribution in [0.15, 0.2) is 22.5 Å². The minimum Gasteiger partial charge on any atom is -0.467 e. The second-order valence-corrected chi connectivity index (χ2v) is 8.71. The molecular weight excluding hydrogens is 396 g/mol. The molecule has 0 bridgehead atoms. The summed E-state index contributed by atoms with van der Waals surface area (Å²) in [6.07, 6.45) is 0.761. The molecule has 0 saturated carbocycles. The zero-order chi connectivity index (χ0) is 20.7. The molecular formula is C19H26N4O3S2. The van der Waals surface area contributed by atoms with Gasteiger partial charge in [0, 0.05) is 5.69 Å². The quantitative estimate of drug-likeness (QED) is 0.470. The van der Waals surface area contributed by atoms with Gasteiger partial charge in [-0.2, -0.15) is 0 Å². The second-order valence-electron chi connectivity index (χ2n) is 6.51. The van der Waals surface area contributed by atoms with Crippen LogP contribution in [0.3, 0.4) is 0 Å². The first kappa shape index (κ1) is 22.2. The van der Waals surface area contributed by atoms with Gasteiger partial charge < -0.3 is 15.4 Å². The number of thioether (sulfide) groups is 1. The molecule has 152 valence electrons. The number of rotatable bonds is 9. The van der Waals surface area contributed by atoms with Crippen molar-refractivity contribution in [1.82, 2.24) is 15.5 Å². The van der Waals surface area contributed by atoms with Crippen molar-refractivity contribution in [3.8, 4) is 0 Å². The molecule has 2 N–H and O–H groups in total. The van der Waals surface area contributed by atoms with Crippen molar-refractivity contribution in [2.45, 2.75) is 44.5 Å². The number of ether oxygens (including phenoxy) is 1. The van der Waals surface area contributed by atoms with Crippen LogP contribution < -0.4 is 10.6 Å². The number of amides is 1. The van der Waals surface area contributed by atoms with Crippen LogP contribution in [0.2, 0.25) is 0 Å². The monoisotopic (exact) mass is 422 g/mol. The van der Waals surface area contributed by atoms with Crippen molar-refractivity contribution in [3.63, 3.8) is 0 Å². The predicted octanol–water partition coefficient (Wildman–Crippen LogP) is 3.69. The maximum atomic E-state index is 12.3. The third-order valence-corrected chi connectivity index (χ3v) is 6.40. The Morgan fingerprint density at radius 1 is 1.25 bits per heavy atom. The summed E-state index contributed by atoms with van der Waals surface area (Å²) in [7, 11) is 1.32. The number of anilines is 2. The highest BCUT2D eigenvalue weighted by Gasteiger charge is 2.26. The lowest BCUT2D eigenvalue weighted by Crippen LogP contribution is -2.46. The SMILES string of the molecule is CC[C@@H](C)[C@@H](NC(=O)CSc1nnc(Nc2c(C)cccc2C)s1)C(=O)OC. The zero-order valence-corrected chi connectivity index (χ0v) is 18.4. The number of nitrogens with one attached hydrogen (secondary N) is 2. The molecule has 1 aromatic heterocycles. The minimum atomic E-state index is -0.640. The summed E-state index contributed by atoms with van der Waals surface area (Å²) >= 11 is 2.68. The van der Waals surface area contributed by atoms with E-state index in [4.69, 9.17) is 4.74 Å². The molecule has 2 rings (SSSR count). The molecule has 7 nitrogen and oxygen atoms in total. The number of nitrogens with zero attached hydrogens (tertiary/aromatic N) is 2. The Kier molecular flexibility index (Phi) is 8.25. The van der Waals surface area contributed by atoms with Gasteiger partial charge in [0.2, 0.25) is 11.0 Å². The van der Waals surface area contributed by atoms with E-state index in [0.29, 0.717) is 9.47 Å². The fraction of sp³-hybridized carbons (Fsp3) is 0.474. The number of carbonyl (C=O) groups excluding carboxylic acids is 2. The third-order valence-electron chi connectivity index (χ3n) is 4.43. The zero-order valence-electron chi connectivity index (χ0n) is 16.7. The fourth-order valence-electron chi connectivity index (χ4n) is 2.58. The molecule has 0 aliphatic carbocycles. The van der Waals surface area contributed by atoms with Crippen molar-refractivity contribution >= 4 is 45.8 Å². The Bertz CT molecular complexity index is 805. The number of hydrogen-bond acceptors (Lipinski definition) is 8. The summed E-state index contributed by atoms with van der Waals surface area (Å²) in [5, 5.41) is 15.0. The maximum Gasteiger partial charge on any atom is 0.328 e. The van der Waals surface area contributed by atoms with Crippen LogP contribution in [0.1, 0.15) is 31.4 Å². The molecule has 28 heavy (non-hydrogen) atoms. The van der Waals surface area contributed by atoms with E-state index in [0.717, 1.165) is 23.2 Å². The van der Waals surface area contributed by atoms with Gasteiger partial charge in [0.1, 0.15) is 6.04 Å². The third kappa shape index (κ3) is 5.93. The van der Waals surface area contributed by atoms with Gasteiger partial charge >= 0.3 is 5.97 Å². The summed E-state index contributed by atoms with van der Waals surface area (Å²) in [6, 6.07) is 5.44. The highest BCUT2D eigenvalue weighted by atomic mass is 32.2. The number of esters is 1. The average Bonchev–Trinajstić information content (AvgIpc) is 3.13. The summed E-state index contributed by atoms with van der Waals surface area (Å²) < 4.78 is 5.47. The number of hydrogen-bond donors (Lipinski definition) is 2. The Morgan fingerprint density at radius 2 is 1.93 bits per heavy atom. The van der Waals surface area contributed by atoms with Gasteiger partial charge in [-0.1, -0.05) is 61.6 Å². The summed E-state index contributed by atoms with van der Waals surface area (Å²) in [4.78, 5) is 24.1. The number of para-hydroxylation sites is 1. The first-order chi connectivity index (χ1) is 13.3. The lowest BCUT2D eigenvalue weighted by Gasteiger charge is -2.21. The molecule has 2 aromatic rings. The van der Waals surface area contributed by atoms with Crippen molar-refractivity contribution in [1.29, 1.82) is 0 Å². The number of methoxy groups -OCH3 is 1. The smallest absolute Gasteiger partial charge is 0.328 e. The van der Waals surface area contributed by atoms with E-state index in [2.05, 4.69) is 20.8 Å². The fourth-order valence-corrected chi connectivity index (χ4v) is 4.14. The Labute approximate surface area is 173 Å². The summed E-state index contributed by atoms with van der Waals surface area (Å²) in [5.41, 5.74) is 3.27. The van der Waals surface area contributed by atoms with E-state index >= 15 is 0 Å². The topological polar surface area (TPSA) is 93.2 Å². The Morgan fingerprint density at radius 3 is 2.54 bits per heavy atom. The first-order valence-corrected chi connectivity index (χ1v) is 10.8. The van der Waals surface area contributed by atoms with Crippen LogP contribution in [-0.4, -0.2) is 41.0 Å². The van der Waals surface area contributed by atoms with Gasteiger partial charge in [0.15, 0.2) is 4.34 Å². The van der Waals surface area contributed by atoms with Gasteiger partial charge in [-0.05, 0) is 30.9 Å². The van der Waals surface area contributed by atoms with E-state index in [-0.39, 0.29) is 17.6 Å². The van der Waals surface area contributed by atoms with Gasteiger partial charge in [0.05, 0.1) is 12.9 Å². The lowest BCUT2D eigenvalue weighted by molar-refractivity contribution is -0.146. The number of carbonyl (C=O) groups is 2. The van der Waals surface area contributed by atoms with Gasteiger partial charge in [-0.25, -0.2) is 4.79 Å². The van der Waals surface area contributed by atoms with Crippen molar-refractivity contribution in [3.05, 3.63) is 29.3 Å². The summed E-state index contributed by atoms with van der Waals surface area (Å²) in [5.74, 6) is -0.512. The molecule has 9 heteroatoms. The van der Waals surface area contributed by atoms with Gasteiger partial charge in [-0.3, -0.25) is 4.79 Å². The van der Waals surface area contributed by atoms with E-state index in [1.165, 1.54) is 30.2 Å². The molecule has 1 aromatic carbocycles. The van der Waals surface area contributed by atoms with E-state index in [9.17, 15) is 9.59 Å². The van der Waals surface area contributed by atoms with Crippen molar-refractivity contribution in [2.24, 2.45) is 5.92 Å². The van der Waals surface area contributed by atoms with E-state index in [1.807, 2.05) is 45.9 Å². The minimum absolute atomic E-state index is 0.00363. The molecule has 1 amide bonds. The average molecular weight is 423 g/mol. The van der Waals surface area contributed by atoms with E-state index < -0.39 is 12.0 Å². The standard InChI is InChI=1S/C19H26N4O3S2/c1-6-11(2)16(17(25)26-5)20-14(24)10-27-19-23-22-18(28-19)21-15-12(3)8-7-9-13(15)4/h7-9,11,16H,6,10H2,1-5H3,(H,20,24)(H,21,22)/t11-,16-/m1/s1. The van der Waals surface area contributed by atoms with Crippen LogP contribution in [0, 0.1) is 19.8 Å². The lowest BCUT2D eigenvalue weighted by atomic mass is 9.99. The van der Waals surface area contributed by atoms with E-state index in [1.54, 1.807) is 0 Å². The molecule has 0 aliphatic heterocycles. The molecule has 0 radical (unpaired) electrons. The number of benzene rings is 1. The number of aryl methyl sites for hydroxylation is 2. The van der Waals surface area contributed by atoms with Crippen molar-refractivity contribution in [2.75, 3.05) is 18.2 Å². The Balaban J connectivity index is 1.93. The van der Waals surface area contributed by atoms with Crippen LogP contribution in [0.4, 0.5) is 10.8 Å². The maximum absolute atomic E-state index is 12.3. The predicted molar refractivity (Wildman–Crippen MR) is 113 cm³/mol. The van der Waals surface area contributed by atoms with Gasteiger partial charge in [-0.15, -0.1) is 10.2 Å². The van der Waals surface area contributed by atoms with Crippen LogP contribution >= 0.6 is 23.1 Å². The molecule has 1 heterocycles. The molecule has 0 spiro atoms. The van der Waals surface area contributed by atoms with Crippen LogP contribution in [0.25, 0.3) is 0 Å². The highest BCUT2D eigenvalue weighted by Crippen LogP contribution is 2.30.